The largest absolute Gasteiger partial charge is 0.356 e. The van der Waals surface area contributed by atoms with Crippen LogP contribution in [0.15, 0.2) is 42.5 Å². The van der Waals surface area contributed by atoms with Crippen molar-refractivity contribution in [1.29, 1.82) is 0 Å². The van der Waals surface area contributed by atoms with Gasteiger partial charge in [-0.25, -0.2) is 9.97 Å². The summed E-state index contributed by atoms with van der Waals surface area (Å²) in [5.41, 5.74) is 1.27. The van der Waals surface area contributed by atoms with Gasteiger partial charge in [-0.15, -0.1) is 0 Å². The molecule has 0 unspecified atom stereocenters. The Morgan fingerprint density at radius 2 is 1.52 bits per heavy atom. The molecule has 2 fully saturated rings. The fraction of sp³-hybridized carbons (Fsp3) is 0.500. The van der Waals surface area contributed by atoms with E-state index < -0.39 is 0 Å². The van der Waals surface area contributed by atoms with Crippen molar-refractivity contribution in [2.24, 2.45) is 5.92 Å². The Labute approximate surface area is 175 Å². The summed E-state index contributed by atoms with van der Waals surface area (Å²) in [7, 11) is 0. The SMILES string of the molecule is Cc1nc(N2CCC(C)CC2)cc(N2CCN(C/C=C/c3ccccc3)CC2)n1. The van der Waals surface area contributed by atoms with Crippen LogP contribution < -0.4 is 9.80 Å². The van der Waals surface area contributed by atoms with Gasteiger partial charge in [0, 0.05) is 51.9 Å². The van der Waals surface area contributed by atoms with Gasteiger partial charge in [0.05, 0.1) is 0 Å². The Morgan fingerprint density at radius 3 is 2.17 bits per heavy atom. The second kappa shape index (κ2) is 9.40. The van der Waals surface area contributed by atoms with Crippen molar-refractivity contribution in [2.45, 2.75) is 26.7 Å². The molecule has 4 rings (SSSR count). The predicted molar refractivity (Wildman–Crippen MR) is 122 cm³/mol. The maximum Gasteiger partial charge on any atom is 0.134 e. The van der Waals surface area contributed by atoms with Crippen LogP contribution >= 0.6 is 0 Å². The van der Waals surface area contributed by atoms with Crippen LogP contribution in [-0.2, 0) is 0 Å². The standard InChI is InChI=1S/C24H33N5/c1-20-10-13-28(14-11-20)23-19-24(26-21(2)25-23)29-17-15-27(16-18-29)12-6-9-22-7-4-3-5-8-22/h3-9,19-20H,10-18H2,1-2H3/b9-6+. The van der Waals surface area contributed by atoms with Crippen LogP contribution in [0.3, 0.4) is 0 Å². The minimum atomic E-state index is 0.831. The molecule has 3 heterocycles. The van der Waals surface area contributed by atoms with E-state index in [4.69, 9.17) is 9.97 Å². The van der Waals surface area contributed by atoms with Crippen LogP contribution in [0.2, 0.25) is 0 Å². The van der Waals surface area contributed by atoms with Gasteiger partial charge in [0.1, 0.15) is 17.5 Å². The molecule has 5 nitrogen and oxygen atoms in total. The molecule has 0 radical (unpaired) electrons. The zero-order chi connectivity index (χ0) is 20.1. The first-order chi connectivity index (χ1) is 14.2. The molecule has 2 aliphatic rings. The van der Waals surface area contributed by atoms with E-state index in [0.717, 1.165) is 69.2 Å². The van der Waals surface area contributed by atoms with Crippen molar-refractivity contribution >= 4 is 17.7 Å². The number of nitrogens with zero attached hydrogens (tertiary/aromatic N) is 5. The molecular weight excluding hydrogens is 358 g/mol. The van der Waals surface area contributed by atoms with Crippen molar-refractivity contribution in [3.05, 3.63) is 53.9 Å². The first-order valence-electron chi connectivity index (χ1n) is 11.0. The van der Waals surface area contributed by atoms with Crippen LogP contribution in [0, 0.1) is 12.8 Å². The maximum atomic E-state index is 4.75. The number of aryl methyl sites for hydroxylation is 1. The number of hydrogen-bond donors (Lipinski definition) is 0. The van der Waals surface area contributed by atoms with E-state index in [1.807, 2.05) is 6.92 Å². The Kier molecular flexibility index (Phi) is 6.45. The van der Waals surface area contributed by atoms with E-state index >= 15 is 0 Å². The van der Waals surface area contributed by atoms with E-state index in [2.05, 4.69) is 70.2 Å². The summed E-state index contributed by atoms with van der Waals surface area (Å²) in [6, 6.07) is 12.7. The second-order valence-electron chi connectivity index (χ2n) is 8.40. The molecule has 2 saturated heterocycles. The minimum Gasteiger partial charge on any atom is -0.356 e. The highest BCUT2D eigenvalue weighted by Gasteiger charge is 2.21. The monoisotopic (exact) mass is 391 g/mol. The number of benzene rings is 1. The Balaban J connectivity index is 1.33. The summed E-state index contributed by atoms with van der Waals surface area (Å²) in [5, 5.41) is 0. The number of piperidine rings is 1. The third-order valence-corrected chi connectivity index (χ3v) is 6.09. The molecule has 5 heteroatoms. The van der Waals surface area contributed by atoms with Gasteiger partial charge in [-0.05, 0) is 31.2 Å². The molecular formula is C24H33N5. The molecule has 0 saturated carbocycles. The zero-order valence-electron chi connectivity index (χ0n) is 17.8. The number of hydrogen-bond acceptors (Lipinski definition) is 5. The summed E-state index contributed by atoms with van der Waals surface area (Å²) in [6.45, 7) is 11.8. The summed E-state index contributed by atoms with van der Waals surface area (Å²) >= 11 is 0. The normalized spacial score (nSPS) is 19.2. The highest BCUT2D eigenvalue weighted by molar-refractivity contribution is 5.52. The van der Waals surface area contributed by atoms with Crippen LogP contribution in [0.5, 0.6) is 0 Å². The van der Waals surface area contributed by atoms with Gasteiger partial charge in [0.2, 0.25) is 0 Å². The first kappa shape index (κ1) is 19.9. The molecule has 2 aliphatic heterocycles. The highest BCUT2D eigenvalue weighted by Crippen LogP contribution is 2.25. The Hall–Kier alpha value is -2.40. The van der Waals surface area contributed by atoms with Crippen LogP contribution in [0.4, 0.5) is 11.6 Å². The Morgan fingerprint density at radius 1 is 0.897 bits per heavy atom. The lowest BCUT2D eigenvalue weighted by Gasteiger charge is -2.36. The van der Waals surface area contributed by atoms with E-state index in [1.165, 1.54) is 18.4 Å². The lowest BCUT2D eigenvalue weighted by molar-refractivity contribution is 0.283. The van der Waals surface area contributed by atoms with Crippen molar-refractivity contribution in [3.63, 3.8) is 0 Å². The molecule has 29 heavy (non-hydrogen) atoms. The third kappa shape index (κ3) is 5.36. The first-order valence-corrected chi connectivity index (χ1v) is 11.0. The van der Waals surface area contributed by atoms with E-state index in [9.17, 15) is 0 Å². The van der Waals surface area contributed by atoms with Gasteiger partial charge in [-0.3, -0.25) is 4.90 Å². The number of piperazine rings is 1. The molecule has 1 aromatic heterocycles. The van der Waals surface area contributed by atoms with Crippen LogP contribution in [-0.4, -0.2) is 60.7 Å². The van der Waals surface area contributed by atoms with Gasteiger partial charge >= 0.3 is 0 Å². The van der Waals surface area contributed by atoms with Gasteiger partial charge in [0.15, 0.2) is 0 Å². The van der Waals surface area contributed by atoms with Crippen molar-refractivity contribution in [1.82, 2.24) is 14.9 Å². The van der Waals surface area contributed by atoms with Gasteiger partial charge in [0.25, 0.3) is 0 Å². The molecule has 0 spiro atoms. The maximum absolute atomic E-state index is 4.75. The lowest BCUT2D eigenvalue weighted by Crippen LogP contribution is -2.46. The molecule has 154 valence electrons. The second-order valence-corrected chi connectivity index (χ2v) is 8.40. The van der Waals surface area contributed by atoms with Gasteiger partial charge < -0.3 is 9.80 Å². The third-order valence-electron chi connectivity index (χ3n) is 6.09. The van der Waals surface area contributed by atoms with Crippen LogP contribution in [0.1, 0.15) is 31.2 Å². The van der Waals surface area contributed by atoms with Gasteiger partial charge in [-0.2, -0.15) is 0 Å². The summed E-state index contributed by atoms with van der Waals surface area (Å²) < 4.78 is 0. The minimum absolute atomic E-state index is 0.831. The summed E-state index contributed by atoms with van der Waals surface area (Å²) in [4.78, 5) is 16.8. The van der Waals surface area contributed by atoms with Crippen LogP contribution in [0.25, 0.3) is 6.08 Å². The average molecular weight is 392 g/mol. The number of aromatic nitrogens is 2. The predicted octanol–water partition coefficient (Wildman–Crippen LogP) is 3.86. The molecule has 0 atom stereocenters. The van der Waals surface area contributed by atoms with Gasteiger partial charge in [-0.1, -0.05) is 49.4 Å². The quantitative estimate of drug-likeness (QED) is 0.773. The highest BCUT2D eigenvalue weighted by atomic mass is 15.3. The fourth-order valence-corrected chi connectivity index (χ4v) is 4.16. The summed E-state index contributed by atoms with van der Waals surface area (Å²) in [6.07, 6.45) is 7.00. The molecule has 0 aliphatic carbocycles. The molecule has 0 bridgehead atoms. The zero-order valence-corrected chi connectivity index (χ0v) is 17.8. The topological polar surface area (TPSA) is 35.5 Å². The van der Waals surface area contributed by atoms with E-state index in [0.29, 0.717) is 0 Å². The van der Waals surface area contributed by atoms with Crippen molar-refractivity contribution < 1.29 is 0 Å². The summed E-state index contributed by atoms with van der Waals surface area (Å²) in [5.74, 6) is 3.90. The molecule has 1 aromatic carbocycles. The fourth-order valence-electron chi connectivity index (χ4n) is 4.16. The Bertz CT molecular complexity index is 803. The van der Waals surface area contributed by atoms with Crippen molar-refractivity contribution in [2.75, 3.05) is 55.6 Å². The molecule has 0 amide bonds. The smallest absolute Gasteiger partial charge is 0.134 e. The number of anilines is 2. The molecule has 2 aromatic rings. The number of rotatable bonds is 5. The van der Waals surface area contributed by atoms with E-state index in [1.54, 1.807) is 0 Å². The molecule has 0 N–H and O–H groups in total. The average Bonchev–Trinajstić information content (AvgIpc) is 2.75. The van der Waals surface area contributed by atoms with Crippen molar-refractivity contribution in [3.8, 4) is 0 Å². The van der Waals surface area contributed by atoms with E-state index in [-0.39, 0.29) is 0 Å². The lowest BCUT2D eigenvalue weighted by atomic mass is 9.99.